The number of phenolic OH excluding ortho intramolecular Hbond substituents is 1. The normalized spacial score (nSPS) is 16.1. The van der Waals surface area contributed by atoms with Gasteiger partial charge >= 0.3 is 6.09 Å². The fraction of sp³-hybridized carbons (Fsp3) is 0.444. The average molecular weight is 512 g/mol. The van der Waals surface area contributed by atoms with Crippen molar-refractivity contribution in [3.05, 3.63) is 58.1 Å². The molecule has 0 aromatic heterocycles. The minimum absolute atomic E-state index is 0.162. The van der Waals surface area contributed by atoms with Crippen LogP contribution in [0.15, 0.2) is 30.3 Å². The molecule has 10 heteroatoms. The fourth-order valence-corrected chi connectivity index (χ4v) is 4.88. The molecule has 0 bridgehead atoms. The first kappa shape index (κ1) is 26.3. The largest absolute Gasteiger partial charge is 0.507 e. The molecule has 2 aromatic rings. The number of nitrogens with zero attached hydrogens (tertiary/aromatic N) is 1. The zero-order chi connectivity index (χ0) is 27.0. The number of alkyl carbamates (subject to hydrolysis) is 1. The lowest BCUT2D eigenvalue weighted by Crippen LogP contribution is -2.46. The summed E-state index contributed by atoms with van der Waals surface area (Å²) in [4.78, 5) is 38.9. The number of hydrogen-bond donors (Lipinski definition) is 4. The number of amides is 3. The van der Waals surface area contributed by atoms with Gasteiger partial charge in [-0.1, -0.05) is 6.07 Å². The molecule has 2 aliphatic heterocycles. The Bertz CT molecular complexity index is 1230. The third-order valence-electron chi connectivity index (χ3n) is 6.86. The molecule has 0 saturated carbocycles. The van der Waals surface area contributed by atoms with Crippen molar-refractivity contribution >= 4 is 17.9 Å². The van der Waals surface area contributed by atoms with Crippen LogP contribution in [0.4, 0.5) is 4.79 Å². The first-order valence-electron chi connectivity index (χ1n) is 12.2. The van der Waals surface area contributed by atoms with E-state index in [1.165, 1.54) is 17.6 Å². The number of nitrogens with one attached hydrogen (secondary N) is 2. The van der Waals surface area contributed by atoms with Gasteiger partial charge < -0.3 is 24.8 Å². The number of aromatic hydroxyl groups is 1. The van der Waals surface area contributed by atoms with Gasteiger partial charge in [0.1, 0.15) is 17.1 Å². The Labute approximate surface area is 215 Å². The molecule has 198 valence electrons. The van der Waals surface area contributed by atoms with E-state index >= 15 is 0 Å². The van der Waals surface area contributed by atoms with Crippen LogP contribution in [0, 0.1) is 6.92 Å². The molecule has 0 radical (unpaired) electrons. The van der Waals surface area contributed by atoms with E-state index in [2.05, 4.69) is 11.4 Å². The van der Waals surface area contributed by atoms with E-state index in [1.807, 2.05) is 32.9 Å². The van der Waals surface area contributed by atoms with E-state index in [0.29, 0.717) is 44.6 Å². The number of carbonyl (C=O) groups is 3. The predicted molar refractivity (Wildman–Crippen MR) is 134 cm³/mol. The summed E-state index contributed by atoms with van der Waals surface area (Å²) >= 11 is 0. The molecule has 0 unspecified atom stereocenters. The lowest BCUT2D eigenvalue weighted by Gasteiger charge is -2.38. The number of hydroxylamine groups is 1. The number of ether oxygens (including phenoxy) is 2. The topological polar surface area (TPSA) is 137 Å². The molecule has 2 aliphatic rings. The summed E-state index contributed by atoms with van der Waals surface area (Å²) in [6.07, 6.45) is 0.903. The van der Waals surface area contributed by atoms with Crippen LogP contribution in [0.25, 0.3) is 0 Å². The van der Waals surface area contributed by atoms with Crippen molar-refractivity contribution in [2.75, 3.05) is 19.7 Å². The van der Waals surface area contributed by atoms with E-state index in [1.54, 1.807) is 11.8 Å². The highest BCUT2D eigenvalue weighted by atomic mass is 16.6. The minimum Gasteiger partial charge on any atom is -0.507 e. The second-order valence-electron chi connectivity index (χ2n) is 10.7. The van der Waals surface area contributed by atoms with Crippen molar-refractivity contribution in [1.82, 2.24) is 15.7 Å². The predicted octanol–water partition coefficient (Wildman–Crippen LogP) is 3.41. The van der Waals surface area contributed by atoms with E-state index in [0.717, 1.165) is 16.9 Å². The van der Waals surface area contributed by atoms with Crippen LogP contribution in [0.3, 0.4) is 0 Å². The molecule has 0 aliphatic carbocycles. The number of hydrogen-bond acceptors (Lipinski definition) is 7. The van der Waals surface area contributed by atoms with Crippen LogP contribution in [-0.4, -0.2) is 58.4 Å². The van der Waals surface area contributed by atoms with Gasteiger partial charge in [0.25, 0.3) is 11.8 Å². The summed E-state index contributed by atoms with van der Waals surface area (Å²) in [7, 11) is 0. The second kappa shape index (κ2) is 9.93. The standard InChI is InChI=1S/C27H33N3O7/c1-16-11-18(13-19(22(16)31)23(32)29-35)24(33)30-9-7-27(8-10-30)15-36-21-6-5-17(12-20(21)27)14-28-25(34)37-26(2,3)4/h5-6,11-13,31,35H,7-10,14-15H2,1-4H3,(H,28,34)(H,29,32). The molecule has 1 fully saturated rings. The highest BCUT2D eigenvalue weighted by Gasteiger charge is 2.44. The van der Waals surface area contributed by atoms with Crippen molar-refractivity contribution in [2.45, 2.75) is 58.1 Å². The number of aryl methyl sites for hydroxylation is 1. The van der Waals surface area contributed by atoms with Crippen LogP contribution in [0.5, 0.6) is 11.5 Å². The van der Waals surface area contributed by atoms with Crippen LogP contribution >= 0.6 is 0 Å². The third kappa shape index (κ3) is 5.48. The van der Waals surface area contributed by atoms with Crippen molar-refractivity contribution in [3.8, 4) is 11.5 Å². The maximum Gasteiger partial charge on any atom is 0.407 e. The maximum absolute atomic E-state index is 13.2. The maximum atomic E-state index is 13.2. The van der Waals surface area contributed by atoms with E-state index < -0.39 is 17.6 Å². The summed E-state index contributed by atoms with van der Waals surface area (Å²) in [6, 6.07) is 8.72. The summed E-state index contributed by atoms with van der Waals surface area (Å²) in [5.41, 5.74) is 3.17. The monoisotopic (exact) mass is 511 g/mol. The minimum atomic E-state index is -0.885. The van der Waals surface area contributed by atoms with Crippen LogP contribution in [-0.2, 0) is 16.7 Å². The van der Waals surface area contributed by atoms with Gasteiger partial charge in [0.05, 0.1) is 12.2 Å². The lowest BCUT2D eigenvalue weighted by molar-refractivity contribution is 0.0522. The van der Waals surface area contributed by atoms with Gasteiger partial charge in [0.15, 0.2) is 0 Å². The molecule has 4 rings (SSSR count). The van der Waals surface area contributed by atoms with Crippen LogP contribution in [0.1, 0.15) is 71.0 Å². The molecule has 0 atom stereocenters. The van der Waals surface area contributed by atoms with Crippen LogP contribution in [0.2, 0.25) is 0 Å². The number of carbonyl (C=O) groups excluding carboxylic acids is 3. The van der Waals surface area contributed by atoms with Gasteiger partial charge in [-0.15, -0.1) is 0 Å². The molecule has 4 N–H and O–H groups in total. The zero-order valence-corrected chi connectivity index (χ0v) is 21.5. The molecule has 1 spiro atoms. The highest BCUT2D eigenvalue weighted by Crippen LogP contribution is 2.46. The highest BCUT2D eigenvalue weighted by molar-refractivity contribution is 6.01. The summed E-state index contributed by atoms with van der Waals surface area (Å²) < 4.78 is 11.3. The molecular weight excluding hydrogens is 478 g/mol. The average Bonchev–Trinajstić information content (AvgIpc) is 3.20. The number of benzene rings is 2. The Morgan fingerprint density at radius 1 is 1.14 bits per heavy atom. The number of likely N-dealkylation sites (tertiary alicyclic amines) is 1. The number of piperidine rings is 1. The number of phenols is 1. The number of rotatable bonds is 4. The van der Waals surface area contributed by atoms with Gasteiger partial charge in [-0.25, -0.2) is 10.3 Å². The molecule has 1 saturated heterocycles. The molecule has 3 amide bonds. The Kier molecular flexibility index (Phi) is 7.05. The SMILES string of the molecule is Cc1cc(C(=O)N2CCC3(CC2)COc2ccc(CNC(=O)OC(C)(C)C)cc23)cc(C(=O)NO)c1O. The third-order valence-corrected chi connectivity index (χ3v) is 6.86. The second-order valence-corrected chi connectivity index (χ2v) is 10.7. The first-order valence-corrected chi connectivity index (χ1v) is 12.2. The fourth-order valence-electron chi connectivity index (χ4n) is 4.88. The Hall–Kier alpha value is -3.79. The van der Waals surface area contributed by atoms with Gasteiger partial charge in [-0.05, 0) is 75.9 Å². The zero-order valence-electron chi connectivity index (χ0n) is 21.5. The molecule has 10 nitrogen and oxygen atoms in total. The van der Waals surface area contributed by atoms with Crippen molar-refractivity contribution in [1.29, 1.82) is 0 Å². The van der Waals surface area contributed by atoms with Crippen molar-refractivity contribution in [2.24, 2.45) is 0 Å². The van der Waals surface area contributed by atoms with Gasteiger partial charge in [-0.2, -0.15) is 0 Å². The number of fused-ring (bicyclic) bond motifs is 2. The Balaban J connectivity index is 1.45. The van der Waals surface area contributed by atoms with E-state index in [-0.39, 0.29) is 28.2 Å². The van der Waals surface area contributed by atoms with Gasteiger partial charge in [0, 0.05) is 36.2 Å². The quantitative estimate of drug-likeness (QED) is 0.365. The van der Waals surface area contributed by atoms with Crippen molar-refractivity contribution < 1.29 is 34.2 Å². The summed E-state index contributed by atoms with van der Waals surface area (Å²) in [6.45, 7) is 8.86. The Morgan fingerprint density at radius 2 is 1.84 bits per heavy atom. The van der Waals surface area contributed by atoms with Gasteiger partial charge in [-0.3, -0.25) is 14.8 Å². The molecule has 2 heterocycles. The lowest BCUT2D eigenvalue weighted by atomic mass is 9.74. The summed E-state index contributed by atoms with van der Waals surface area (Å²) in [5, 5.41) is 21.9. The smallest absolute Gasteiger partial charge is 0.407 e. The molecule has 2 aromatic carbocycles. The van der Waals surface area contributed by atoms with E-state index in [4.69, 9.17) is 14.7 Å². The molecule has 37 heavy (non-hydrogen) atoms. The van der Waals surface area contributed by atoms with E-state index in [9.17, 15) is 19.5 Å². The van der Waals surface area contributed by atoms with Gasteiger partial charge in [0.2, 0.25) is 0 Å². The summed E-state index contributed by atoms with van der Waals surface area (Å²) in [5.74, 6) is -0.601. The molecular formula is C27H33N3O7. The Morgan fingerprint density at radius 3 is 2.49 bits per heavy atom. The van der Waals surface area contributed by atoms with Crippen LogP contribution < -0.4 is 15.5 Å². The van der Waals surface area contributed by atoms with Crippen molar-refractivity contribution in [3.63, 3.8) is 0 Å². The first-order chi connectivity index (χ1) is 17.4.